The van der Waals surface area contributed by atoms with E-state index in [0.717, 1.165) is 23.3 Å². The van der Waals surface area contributed by atoms with E-state index in [1.807, 2.05) is 13.8 Å². The van der Waals surface area contributed by atoms with Crippen LogP contribution in [0.2, 0.25) is 0 Å². The Bertz CT molecular complexity index is 406. The first-order chi connectivity index (χ1) is 8.49. The molecule has 0 aliphatic heterocycles. The molecule has 1 aromatic carbocycles. The van der Waals surface area contributed by atoms with Crippen LogP contribution in [0.3, 0.4) is 0 Å². The zero-order valence-corrected chi connectivity index (χ0v) is 11.7. The van der Waals surface area contributed by atoms with Crippen molar-refractivity contribution < 1.29 is 14.3 Å². The quantitative estimate of drug-likeness (QED) is 0.825. The Kier molecular flexibility index (Phi) is 5.01. The lowest BCUT2D eigenvalue weighted by molar-refractivity contribution is 0.134. The third-order valence-corrected chi connectivity index (χ3v) is 2.95. The van der Waals surface area contributed by atoms with E-state index in [0.29, 0.717) is 6.54 Å². The van der Waals surface area contributed by atoms with Gasteiger partial charge in [-0.1, -0.05) is 12.1 Å². The van der Waals surface area contributed by atoms with Crippen LogP contribution in [0.1, 0.15) is 16.7 Å². The molecule has 0 saturated heterocycles. The molecule has 18 heavy (non-hydrogen) atoms. The molecule has 4 heteroatoms. The largest absolute Gasteiger partial charge is 0.496 e. The fourth-order valence-corrected chi connectivity index (χ4v) is 2.05. The van der Waals surface area contributed by atoms with E-state index in [4.69, 9.17) is 4.74 Å². The highest BCUT2D eigenvalue weighted by Gasteiger charge is 2.09. The predicted molar refractivity (Wildman–Crippen MR) is 71.2 cm³/mol. The third-order valence-electron chi connectivity index (χ3n) is 2.95. The second kappa shape index (κ2) is 6.28. The summed E-state index contributed by atoms with van der Waals surface area (Å²) in [6.45, 7) is 4.69. The minimum absolute atomic E-state index is 0.308. The molecule has 0 spiro atoms. The van der Waals surface area contributed by atoms with E-state index in [1.54, 1.807) is 19.1 Å². The lowest BCUT2D eigenvalue weighted by Gasteiger charge is -2.16. The molecule has 0 fully saturated rings. The maximum absolute atomic E-state index is 11.3. The van der Waals surface area contributed by atoms with E-state index in [1.165, 1.54) is 12.7 Å². The monoisotopic (exact) mass is 251 g/mol. The lowest BCUT2D eigenvalue weighted by Crippen LogP contribution is -2.28. The first-order valence-corrected chi connectivity index (χ1v) is 5.92. The summed E-state index contributed by atoms with van der Waals surface area (Å²) >= 11 is 0. The Morgan fingerprint density at radius 2 is 1.78 bits per heavy atom. The van der Waals surface area contributed by atoms with E-state index < -0.39 is 0 Å². The van der Waals surface area contributed by atoms with Crippen molar-refractivity contribution in [3.8, 4) is 5.75 Å². The van der Waals surface area contributed by atoms with Crippen LogP contribution in [-0.4, -0.2) is 38.8 Å². The van der Waals surface area contributed by atoms with Crippen molar-refractivity contribution in [1.82, 2.24) is 4.90 Å². The molecule has 1 rings (SSSR count). The van der Waals surface area contributed by atoms with Gasteiger partial charge < -0.3 is 14.4 Å². The summed E-state index contributed by atoms with van der Waals surface area (Å²) in [5.74, 6) is 0.931. The summed E-state index contributed by atoms with van der Waals surface area (Å²) in [5, 5.41) is 0. The van der Waals surface area contributed by atoms with Crippen LogP contribution in [0, 0.1) is 13.8 Å². The van der Waals surface area contributed by atoms with Crippen molar-refractivity contribution >= 4 is 6.09 Å². The number of rotatable bonds is 4. The summed E-state index contributed by atoms with van der Waals surface area (Å²) in [4.78, 5) is 12.8. The number of amides is 1. The van der Waals surface area contributed by atoms with Crippen LogP contribution >= 0.6 is 0 Å². The number of hydrogen-bond acceptors (Lipinski definition) is 3. The summed E-state index contributed by atoms with van der Waals surface area (Å²) in [6, 6.07) is 4.19. The lowest BCUT2D eigenvalue weighted by atomic mass is 10.0. The molecule has 0 radical (unpaired) electrons. The zero-order valence-electron chi connectivity index (χ0n) is 11.7. The molecule has 0 unspecified atom stereocenters. The molecule has 0 N–H and O–H groups in total. The van der Waals surface area contributed by atoms with E-state index in [-0.39, 0.29) is 6.09 Å². The number of aryl methyl sites for hydroxylation is 2. The first-order valence-electron chi connectivity index (χ1n) is 5.92. The highest BCUT2D eigenvalue weighted by molar-refractivity contribution is 5.66. The van der Waals surface area contributed by atoms with Gasteiger partial charge in [0.25, 0.3) is 0 Å². The Morgan fingerprint density at radius 3 is 2.22 bits per heavy atom. The van der Waals surface area contributed by atoms with Crippen LogP contribution in [0.15, 0.2) is 12.1 Å². The van der Waals surface area contributed by atoms with Crippen molar-refractivity contribution in [2.24, 2.45) is 0 Å². The van der Waals surface area contributed by atoms with Crippen LogP contribution in [0.25, 0.3) is 0 Å². The number of ether oxygens (including phenoxy) is 2. The van der Waals surface area contributed by atoms with Gasteiger partial charge in [0.2, 0.25) is 0 Å². The first kappa shape index (κ1) is 14.4. The Morgan fingerprint density at radius 1 is 1.22 bits per heavy atom. The van der Waals surface area contributed by atoms with Crippen molar-refractivity contribution in [2.75, 3.05) is 27.8 Å². The second-order valence-corrected chi connectivity index (χ2v) is 4.40. The number of methoxy groups -OCH3 is 2. The van der Waals surface area contributed by atoms with Gasteiger partial charge in [-0.05, 0) is 37.0 Å². The molecule has 0 aliphatic rings. The summed E-state index contributed by atoms with van der Waals surface area (Å²) in [6.07, 6.45) is 0.494. The van der Waals surface area contributed by atoms with Gasteiger partial charge in [-0.15, -0.1) is 0 Å². The van der Waals surface area contributed by atoms with Crippen molar-refractivity contribution in [3.05, 3.63) is 28.8 Å². The molecule has 0 heterocycles. The number of carbonyl (C=O) groups is 1. The molecular formula is C14H21NO3. The number of benzene rings is 1. The number of hydrogen-bond donors (Lipinski definition) is 0. The van der Waals surface area contributed by atoms with Gasteiger partial charge in [0.1, 0.15) is 5.75 Å². The summed E-state index contributed by atoms with van der Waals surface area (Å²) in [7, 11) is 4.80. The molecule has 0 bridgehead atoms. The van der Waals surface area contributed by atoms with Crippen molar-refractivity contribution in [1.29, 1.82) is 0 Å². The minimum Gasteiger partial charge on any atom is -0.496 e. The molecule has 0 aliphatic carbocycles. The molecule has 4 nitrogen and oxygen atoms in total. The predicted octanol–water partition coefficient (Wildman–Crippen LogP) is 2.55. The normalized spacial score (nSPS) is 10.1. The minimum atomic E-state index is -0.308. The average Bonchev–Trinajstić information content (AvgIpc) is 2.34. The highest BCUT2D eigenvalue weighted by Crippen LogP contribution is 2.24. The van der Waals surface area contributed by atoms with Crippen LogP contribution < -0.4 is 4.74 Å². The van der Waals surface area contributed by atoms with Gasteiger partial charge in [-0.25, -0.2) is 4.79 Å². The molecule has 0 atom stereocenters. The topological polar surface area (TPSA) is 38.8 Å². The third kappa shape index (κ3) is 3.39. The van der Waals surface area contributed by atoms with Crippen LogP contribution in [-0.2, 0) is 11.2 Å². The summed E-state index contributed by atoms with van der Waals surface area (Å²) < 4.78 is 9.98. The molecule has 100 valence electrons. The van der Waals surface area contributed by atoms with Gasteiger partial charge in [-0.3, -0.25) is 0 Å². The van der Waals surface area contributed by atoms with Crippen molar-refractivity contribution in [3.63, 3.8) is 0 Å². The molecule has 0 aromatic heterocycles. The summed E-state index contributed by atoms with van der Waals surface area (Å²) in [5.41, 5.74) is 3.43. The SMILES string of the molecule is COC(=O)N(C)CCc1cc(C)c(OC)c(C)c1. The Hall–Kier alpha value is -1.71. The van der Waals surface area contributed by atoms with Gasteiger partial charge in [0.15, 0.2) is 0 Å². The Labute approximate surface area is 108 Å². The van der Waals surface area contributed by atoms with Gasteiger partial charge in [0, 0.05) is 13.6 Å². The maximum atomic E-state index is 11.3. The van der Waals surface area contributed by atoms with Gasteiger partial charge >= 0.3 is 6.09 Å². The molecule has 0 saturated carbocycles. The smallest absolute Gasteiger partial charge is 0.409 e. The standard InChI is InChI=1S/C14H21NO3/c1-10-8-12(9-11(2)13(10)17-4)6-7-15(3)14(16)18-5/h8-9H,6-7H2,1-5H3. The fraction of sp³-hybridized carbons (Fsp3) is 0.500. The number of likely N-dealkylation sites (N-methyl/N-ethyl adjacent to an activating group) is 1. The van der Waals surface area contributed by atoms with E-state index >= 15 is 0 Å². The van der Waals surface area contributed by atoms with Crippen molar-refractivity contribution in [2.45, 2.75) is 20.3 Å². The van der Waals surface area contributed by atoms with E-state index in [9.17, 15) is 4.79 Å². The molecule has 1 aromatic rings. The van der Waals surface area contributed by atoms with Crippen LogP contribution in [0.5, 0.6) is 5.75 Å². The fourth-order valence-electron chi connectivity index (χ4n) is 2.05. The molecular weight excluding hydrogens is 230 g/mol. The second-order valence-electron chi connectivity index (χ2n) is 4.40. The number of carbonyl (C=O) groups excluding carboxylic acids is 1. The zero-order chi connectivity index (χ0) is 13.7. The maximum Gasteiger partial charge on any atom is 0.409 e. The number of nitrogens with zero attached hydrogens (tertiary/aromatic N) is 1. The van der Waals surface area contributed by atoms with Crippen LogP contribution in [0.4, 0.5) is 4.79 Å². The Balaban J connectivity index is 2.72. The average molecular weight is 251 g/mol. The van der Waals surface area contributed by atoms with Gasteiger partial charge in [0.05, 0.1) is 14.2 Å². The van der Waals surface area contributed by atoms with E-state index in [2.05, 4.69) is 16.9 Å². The van der Waals surface area contributed by atoms with Gasteiger partial charge in [-0.2, -0.15) is 0 Å². The highest BCUT2D eigenvalue weighted by atomic mass is 16.5. The molecule has 1 amide bonds.